The second-order valence-corrected chi connectivity index (χ2v) is 11.7. The molecule has 1 heterocycles. The molecule has 0 aliphatic rings. The third-order valence-electron chi connectivity index (χ3n) is 8.06. The number of carbonyl (C=O) groups excluding carboxylic acids is 3. The predicted octanol–water partition coefficient (Wildman–Crippen LogP) is 4.52. The Bertz CT molecular complexity index is 1840. The lowest BCUT2D eigenvalue weighted by Crippen LogP contribution is -2.57. The van der Waals surface area contributed by atoms with Crippen LogP contribution in [0.2, 0.25) is 0 Å². The average Bonchev–Trinajstić information content (AvgIpc) is 3.14. The number of aromatic nitrogens is 1. The van der Waals surface area contributed by atoms with Gasteiger partial charge in [-0.1, -0.05) is 78.9 Å². The summed E-state index contributed by atoms with van der Waals surface area (Å²) in [5.41, 5.74) is 9.08. The highest BCUT2D eigenvalue weighted by molar-refractivity contribution is 6.02. The Kier molecular flexibility index (Phi) is 12.3. The van der Waals surface area contributed by atoms with Crippen molar-refractivity contribution in [2.24, 2.45) is 0 Å². The van der Waals surface area contributed by atoms with E-state index in [1.807, 2.05) is 60.7 Å². The third kappa shape index (κ3) is 9.99. The van der Waals surface area contributed by atoms with Gasteiger partial charge in [-0.05, 0) is 72.5 Å². The number of nitrogens with zero attached hydrogens (tertiary/aromatic N) is 1. The van der Waals surface area contributed by atoms with Gasteiger partial charge in [-0.15, -0.1) is 0 Å². The molecule has 0 unspecified atom stereocenters. The minimum absolute atomic E-state index is 0.0662. The number of aliphatic hydroxyl groups excluding tert-OH is 2. The first-order chi connectivity index (χ1) is 24.3. The number of pyridine rings is 1. The number of hydrogen-bond donors (Lipinski definition) is 6. The Morgan fingerprint density at radius 2 is 1.20 bits per heavy atom. The summed E-state index contributed by atoms with van der Waals surface area (Å²) in [4.78, 5) is 43.9. The van der Waals surface area contributed by atoms with Crippen molar-refractivity contribution < 1.29 is 29.3 Å². The Morgan fingerprint density at radius 3 is 1.78 bits per heavy atom. The molecule has 0 aliphatic carbocycles. The molecule has 3 amide bonds. The van der Waals surface area contributed by atoms with Crippen LogP contribution in [0.1, 0.15) is 37.5 Å². The Balaban J connectivity index is 1.36. The number of amides is 3. The van der Waals surface area contributed by atoms with Gasteiger partial charge in [0.05, 0.1) is 29.0 Å². The van der Waals surface area contributed by atoms with Crippen molar-refractivity contribution in [3.05, 3.63) is 162 Å². The molecule has 11 nitrogen and oxygen atoms in total. The molecule has 256 valence electrons. The summed E-state index contributed by atoms with van der Waals surface area (Å²) in [5, 5.41) is 31.8. The number of benzene rings is 4. The van der Waals surface area contributed by atoms with E-state index in [1.54, 1.807) is 66.9 Å². The number of hydrogen-bond acceptors (Lipinski definition) is 8. The number of rotatable bonds is 14. The molecule has 0 fully saturated rings. The minimum atomic E-state index is -1.54. The van der Waals surface area contributed by atoms with Crippen molar-refractivity contribution in [1.82, 2.24) is 15.6 Å². The van der Waals surface area contributed by atoms with Crippen molar-refractivity contribution in [2.45, 2.75) is 43.7 Å². The van der Waals surface area contributed by atoms with Crippen LogP contribution in [-0.2, 0) is 24.2 Å². The van der Waals surface area contributed by atoms with E-state index in [2.05, 4.69) is 20.9 Å². The van der Waals surface area contributed by atoms with E-state index in [1.165, 1.54) is 6.07 Å². The molecule has 5 rings (SSSR count). The summed E-state index contributed by atoms with van der Waals surface area (Å²) >= 11 is 0. The standard InChI is InChI=1S/C39H39N5O6/c40-29-20-18-28(19-21-29)37(47)42-33(23-26-11-3-1-4-12-26)35(45)36(46)34(24-27-13-5-2-6-14-27)43-38(48)31-16-7-8-17-32(31)44-39(49)50-25-30-15-9-10-22-41-30/h1-22,33-36,45-46H,23-25,40H2,(H,42,47)(H,43,48)(H,44,49)/t33-,34-,35+,36-/m0/s1. The molecule has 4 atom stereocenters. The first-order valence-corrected chi connectivity index (χ1v) is 16.1. The molecule has 4 aromatic carbocycles. The molecule has 50 heavy (non-hydrogen) atoms. The van der Waals surface area contributed by atoms with Crippen molar-refractivity contribution >= 4 is 29.3 Å². The van der Waals surface area contributed by atoms with E-state index in [4.69, 9.17) is 10.5 Å². The summed E-state index contributed by atoms with van der Waals surface area (Å²) in [5.74, 6) is -1.07. The van der Waals surface area contributed by atoms with Crippen molar-refractivity contribution in [1.29, 1.82) is 0 Å². The number of anilines is 2. The van der Waals surface area contributed by atoms with Gasteiger partial charge >= 0.3 is 6.09 Å². The number of para-hydroxylation sites is 1. The lowest BCUT2D eigenvalue weighted by Gasteiger charge is -2.33. The fourth-order valence-corrected chi connectivity index (χ4v) is 5.42. The molecular weight excluding hydrogens is 634 g/mol. The number of carbonyl (C=O) groups is 3. The Hall–Kier alpha value is -6.04. The van der Waals surface area contributed by atoms with Crippen LogP contribution in [0.25, 0.3) is 0 Å². The van der Waals surface area contributed by atoms with Gasteiger partial charge < -0.3 is 31.3 Å². The fraction of sp³-hybridized carbons (Fsp3) is 0.179. The van der Waals surface area contributed by atoms with Crippen LogP contribution >= 0.6 is 0 Å². The van der Waals surface area contributed by atoms with Gasteiger partial charge in [-0.25, -0.2) is 4.79 Å². The topological polar surface area (TPSA) is 176 Å². The quantitative estimate of drug-likeness (QED) is 0.0933. The molecule has 0 radical (unpaired) electrons. The van der Waals surface area contributed by atoms with Gasteiger partial charge in [0.1, 0.15) is 18.8 Å². The number of ether oxygens (including phenoxy) is 1. The molecule has 0 aliphatic heterocycles. The van der Waals surface area contributed by atoms with Gasteiger partial charge in [0.2, 0.25) is 0 Å². The van der Waals surface area contributed by atoms with Crippen molar-refractivity contribution in [3.8, 4) is 0 Å². The molecule has 11 heteroatoms. The molecule has 7 N–H and O–H groups in total. The molecule has 5 aromatic rings. The average molecular weight is 674 g/mol. The first kappa shape index (κ1) is 35.3. The zero-order valence-corrected chi connectivity index (χ0v) is 27.2. The van der Waals surface area contributed by atoms with E-state index >= 15 is 0 Å². The largest absolute Gasteiger partial charge is 0.443 e. The van der Waals surface area contributed by atoms with E-state index in [0.717, 1.165) is 11.1 Å². The fourth-order valence-electron chi connectivity index (χ4n) is 5.42. The second-order valence-electron chi connectivity index (χ2n) is 11.7. The van der Waals surface area contributed by atoms with Gasteiger partial charge in [0.25, 0.3) is 11.8 Å². The lowest BCUT2D eigenvalue weighted by molar-refractivity contribution is -0.0219. The lowest BCUT2D eigenvalue weighted by atomic mass is 9.90. The highest BCUT2D eigenvalue weighted by atomic mass is 16.5. The highest BCUT2D eigenvalue weighted by Gasteiger charge is 2.35. The number of nitrogens with one attached hydrogen (secondary N) is 3. The minimum Gasteiger partial charge on any atom is -0.443 e. The molecule has 0 spiro atoms. The number of aliphatic hydroxyl groups is 2. The van der Waals surface area contributed by atoms with Crippen LogP contribution in [0, 0.1) is 0 Å². The van der Waals surface area contributed by atoms with Gasteiger partial charge in [-0.2, -0.15) is 0 Å². The van der Waals surface area contributed by atoms with E-state index < -0.39 is 42.2 Å². The molecule has 0 saturated heterocycles. The van der Waals surface area contributed by atoms with E-state index in [0.29, 0.717) is 16.9 Å². The summed E-state index contributed by atoms with van der Waals surface area (Å²) in [6.07, 6.45) is -1.91. The molecule has 0 bridgehead atoms. The summed E-state index contributed by atoms with van der Waals surface area (Å²) in [6, 6.07) is 34.5. The van der Waals surface area contributed by atoms with Crippen LogP contribution in [-0.4, -0.2) is 57.4 Å². The SMILES string of the molecule is Nc1ccc(C(=O)N[C@@H](Cc2ccccc2)[C@@H](O)[C@@H](O)[C@H](Cc2ccccc2)NC(=O)c2ccccc2NC(=O)OCc2ccccn2)cc1. The zero-order chi connectivity index (χ0) is 35.3. The molecule has 1 aromatic heterocycles. The van der Waals surface area contributed by atoms with Crippen LogP contribution < -0.4 is 21.7 Å². The maximum atomic E-state index is 13.8. The summed E-state index contributed by atoms with van der Waals surface area (Å²) in [6.45, 7) is -0.0662. The highest BCUT2D eigenvalue weighted by Crippen LogP contribution is 2.19. The number of nitrogens with two attached hydrogens (primary N) is 1. The van der Waals surface area contributed by atoms with Crippen molar-refractivity contribution in [3.63, 3.8) is 0 Å². The third-order valence-corrected chi connectivity index (χ3v) is 8.06. The first-order valence-electron chi connectivity index (χ1n) is 16.1. The van der Waals surface area contributed by atoms with Crippen LogP contribution in [0.5, 0.6) is 0 Å². The predicted molar refractivity (Wildman–Crippen MR) is 190 cm³/mol. The van der Waals surface area contributed by atoms with Crippen LogP contribution in [0.15, 0.2) is 134 Å². The second kappa shape index (κ2) is 17.4. The normalized spacial score (nSPS) is 13.2. The monoisotopic (exact) mass is 673 g/mol. The van der Waals surface area contributed by atoms with E-state index in [9.17, 15) is 24.6 Å². The van der Waals surface area contributed by atoms with Crippen molar-refractivity contribution in [2.75, 3.05) is 11.1 Å². The Labute approximate surface area is 290 Å². The van der Waals surface area contributed by atoms with Gasteiger partial charge in [0, 0.05) is 17.4 Å². The molecule has 0 saturated carbocycles. The maximum Gasteiger partial charge on any atom is 0.412 e. The Morgan fingerprint density at radius 1 is 0.660 bits per heavy atom. The molecular formula is C39H39N5O6. The summed E-state index contributed by atoms with van der Waals surface area (Å²) < 4.78 is 5.28. The maximum absolute atomic E-state index is 13.8. The smallest absolute Gasteiger partial charge is 0.412 e. The zero-order valence-electron chi connectivity index (χ0n) is 27.2. The van der Waals surface area contributed by atoms with E-state index in [-0.39, 0.29) is 30.7 Å². The number of nitrogen functional groups attached to an aromatic ring is 1. The summed E-state index contributed by atoms with van der Waals surface area (Å²) in [7, 11) is 0. The van der Waals surface area contributed by atoms with Crippen LogP contribution in [0.3, 0.4) is 0 Å². The van der Waals surface area contributed by atoms with Gasteiger partial charge in [-0.3, -0.25) is 19.9 Å². The van der Waals surface area contributed by atoms with Gasteiger partial charge in [0.15, 0.2) is 0 Å². The van der Waals surface area contributed by atoms with Crippen LogP contribution in [0.4, 0.5) is 16.2 Å².